The largest absolute Gasteiger partial charge is 0.395 e. The van der Waals surface area contributed by atoms with Gasteiger partial charge in [-0.2, -0.15) is 0 Å². The topological polar surface area (TPSA) is 61.8 Å². The smallest absolute Gasteiger partial charge is 0.236 e. The Bertz CT molecular complexity index is 164. The van der Waals surface area contributed by atoms with Crippen LogP contribution in [0.25, 0.3) is 0 Å². The first-order chi connectivity index (χ1) is 6.67. The molecule has 5 heteroatoms. The molecule has 1 atom stereocenters. The van der Waals surface area contributed by atoms with Crippen molar-refractivity contribution in [2.24, 2.45) is 0 Å². The SMILES string of the molecule is CNC(=O)C(C)N(CCO)CCOC. The van der Waals surface area contributed by atoms with Crippen LogP contribution in [0.5, 0.6) is 0 Å². The fourth-order valence-corrected chi connectivity index (χ4v) is 1.21. The standard InChI is InChI=1S/C9H20N2O3/c1-8(9(13)10-2)11(4-6-12)5-7-14-3/h8,12H,4-7H2,1-3H3,(H,10,13). The highest BCUT2D eigenvalue weighted by Gasteiger charge is 2.18. The predicted octanol–water partition coefficient (Wildman–Crippen LogP) is -0.938. The zero-order valence-electron chi connectivity index (χ0n) is 9.12. The Morgan fingerprint density at radius 1 is 1.57 bits per heavy atom. The summed E-state index contributed by atoms with van der Waals surface area (Å²) in [7, 11) is 3.22. The van der Waals surface area contributed by atoms with Crippen LogP contribution in [0.1, 0.15) is 6.92 Å². The van der Waals surface area contributed by atoms with E-state index in [0.29, 0.717) is 19.7 Å². The van der Waals surface area contributed by atoms with Crippen LogP contribution >= 0.6 is 0 Å². The molecule has 0 bridgehead atoms. The van der Waals surface area contributed by atoms with Crippen LogP contribution < -0.4 is 5.32 Å². The maximum atomic E-state index is 11.3. The third-order valence-electron chi connectivity index (χ3n) is 2.14. The molecule has 0 radical (unpaired) electrons. The normalized spacial score (nSPS) is 12.9. The lowest BCUT2D eigenvalue weighted by atomic mass is 10.2. The number of amides is 1. The highest BCUT2D eigenvalue weighted by Crippen LogP contribution is 1.98. The Balaban J connectivity index is 4.09. The van der Waals surface area contributed by atoms with Gasteiger partial charge < -0.3 is 15.2 Å². The first kappa shape index (κ1) is 13.4. The molecule has 0 fully saturated rings. The second kappa shape index (κ2) is 7.73. The second-order valence-corrected chi connectivity index (χ2v) is 3.04. The quantitative estimate of drug-likeness (QED) is 0.562. The maximum absolute atomic E-state index is 11.3. The van der Waals surface area contributed by atoms with E-state index in [4.69, 9.17) is 9.84 Å². The Morgan fingerprint density at radius 2 is 2.21 bits per heavy atom. The van der Waals surface area contributed by atoms with Crippen LogP contribution in [-0.4, -0.2) is 62.4 Å². The zero-order valence-corrected chi connectivity index (χ0v) is 9.12. The van der Waals surface area contributed by atoms with E-state index >= 15 is 0 Å². The minimum atomic E-state index is -0.234. The van der Waals surface area contributed by atoms with E-state index in [1.165, 1.54) is 0 Å². The van der Waals surface area contributed by atoms with Crippen molar-refractivity contribution < 1.29 is 14.6 Å². The molecule has 0 aromatic heterocycles. The van der Waals surface area contributed by atoms with Gasteiger partial charge in [-0.05, 0) is 6.92 Å². The summed E-state index contributed by atoms with van der Waals surface area (Å²) in [6.45, 7) is 3.54. The molecule has 0 aliphatic carbocycles. The average molecular weight is 204 g/mol. The monoisotopic (exact) mass is 204 g/mol. The highest BCUT2D eigenvalue weighted by atomic mass is 16.5. The summed E-state index contributed by atoms with van der Waals surface area (Å²) >= 11 is 0. The van der Waals surface area contributed by atoms with Crippen molar-refractivity contribution >= 4 is 5.91 Å². The molecular formula is C9H20N2O3. The predicted molar refractivity (Wildman–Crippen MR) is 54.1 cm³/mol. The fraction of sp³-hybridized carbons (Fsp3) is 0.889. The molecule has 2 N–H and O–H groups in total. The number of carbonyl (C=O) groups excluding carboxylic acids is 1. The molecule has 0 aliphatic heterocycles. The summed E-state index contributed by atoms with van der Waals surface area (Å²) in [6, 6.07) is -0.234. The molecule has 0 saturated heterocycles. The van der Waals surface area contributed by atoms with Crippen molar-refractivity contribution in [1.82, 2.24) is 10.2 Å². The zero-order chi connectivity index (χ0) is 11.0. The number of hydrogen-bond acceptors (Lipinski definition) is 4. The van der Waals surface area contributed by atoms with Gasteiger partial charge in [-0.3, -0.25) is 9.69 Å². The summed E-state index contributed by atoms with van der Waals surface area (Å²) < 4.78 is 4.93. The first-order valence-corrected chi connectivity index (χ1v) is 4.72. The number of nitrogens with one attached hydrogen (secondary N) is 1. The van der Waals surface area contributed by atoms with Gasteiger partial charge in [0.1, 0.15) is 0 Å². The van der Waals surface area contributed by atoms with Crippen LogP contribution in [0.4, 0.5) is 0 Å². The van der Waals surface area contributed by atoms with E-state index in [0.717, 1.165) is 0 Å². The van der Waals surface area contributed by atoms with Crippen LogP contribution in [0.15, 0.2) is 0 Å². The van der Waals surface area contributed by atoms with Crippen LogP contribution in [0.2, 0.25) is 0 Å². The van der Waals surface area contributed by atoms with Gasteiger partial charge in [-0.1, -0.05) is 0 Å². The molecule has 0 aromatic carbocycles. The molecule has 84 valence electrons. The minimum absolute atomic E-state index is 0.0467. The van der Waals surface area contributed by atoms with E-state index in [-0.39, 0.29) is 18.6 Å². The van der Waals surface area contributed by atoms with Gasteiger partial charge in [0.2, 0.25) is 5.91 Å². The lowest BCUT2D eigenvalue weighted by Gasteiger charge is -2.26. The first-order valence-electron chi connectivity index (χ1n) is 4.72. The van der Waals surface area contributed by atoms with Gasteiger partial charge in [0.25, 0.3) is 0 Å². The van der Waals surface area contributed by atoms with Gasteiger partial charge in [0.05, 0.1) is 19.3 Å². The highest BCUT2D eigenvalue weighted by molar-refractivity contribution is 5.80. The van der Waals surface area contributed by atoms with Gasteiger partial charge in [0.15, 0.2) is 0 Å². The van der Waals surface area contributed by atoms with Gasteiger partial charge in [0, 0.05) is 27.2 Å². The Hall–Kier alpha value is -0.650. The molecule has 1 amide bonds. The lowest BCUT2D eigenvalue weighted by molar-refractivity contribution is -0.125. The summed E-state index contributed by atoms with van der Waals surface area (Å²) in [5.74, 6) is -0.0467. The summed E-state index contributed by atoms with van der Waals surface area (Å²) in [6.07, 6.45) is 0. The maximum Gasteiger partial charge on any atom is 0.236 e. The van der Waals surface area contributed by atoms with E-state index < -0.39 is 0 Å². The van der Waals surface area contributed by atoms with E-state index in [1.54, 1.807) is 14.2 Å². The number of carbonyl (C=O) groups is 1. The molecule has 5 nitrogen and oxygen atoms in total. The molecule has 0 rings (SSSR count). The number of aliphatic hydroxyl groups excluding tert-OH is 1. The molecule has 0 spiro atoms. The van der Waals surface area contributed by atoms with Gasteiger partial charge in [-0.15, -0.1) is 0 Å². The van der Waals surface area contributed by atoms with Crippen LogP contribution in [-0.2, 0) is 9.53 Å². The Morgan fingerprint density at radius 3 is 2.64 bits per heavy atom. The molecule has 1 unspecified atom stereocenters. The summed E-state index contributed by atoms with van der Waals surface area (Å²) in [4.78, 5) is 13.2. The third kappa shape index (κ3) is 4.55. The van der Waals surface area contributed by atoms with Crippen molar-refractivity contribution in [3.05, 3.63) is 0 Å². The van der Waals surface area contributed by atoms with E-state index in [9.17, 15) is 4.79 Å². The van der Waals surface area contributed by atoms with Crippen molar-refractivity contribution in [3.63, 3.8) is 0 Å². The molecular weight excluding hydrogens is 184 g/mol. The molecule has 0 aliphatic rings. The summed E-state index contributed by atoms with van der Waals surface area (Å²) in [5.41, 5.74) is 0. The number of aliphatic hydroxyl groups is 1. The molecule has 0 heterocycles. The number of methoxy groups -OCH3 is 1. The van der Waals surface area contributed by atoms with Crippen LogP contribution in [0, 0.1) is 0 Å². The number of nitrogens with zero attached hydrogens (tertiary/aromatic N) is 1. The Labute approximate surface area is 85.0 Å². The minimum Gasteiger partial charge on any atom is -0.395 e. The lowest BCUT2D eigenvalue weighted by Crippen LogP contribution is -2.46. The number of ether oxygens (including phenoxy) is 1. The van der Waals surface area contributed by atoms with Crippen LogP contribution in [0.3, 0.4) is 0 Å². The van der Waals surface area contributed by atoms with Crippen molar-refractivity contribution in [3.8, 4) is 0 Å². The average Bonchev–Trinajstić information content (AvgIpc) is 2.22. The van der Waals surface area contributed by atoms with E-state index in [1.807, 2.05) is 11.8 Å². The number of hydrogen-bond donors (Lipinski definition) is 2. The van der Waals surface area contributed by atoms with E-state index in [2.05, 4.69) is 5.32 Å². The van der Waals surface area contributed by atoms with Gasteiger partial charge in [-0.25, -0.2) is 0 Å². The molecule has 0 aromatic rings. The fourth-order valence-electron chi connectivity index (χ4n) is 1.21. The van der Waals surface area contributed by atoms with Crippen molar-refractivity contribution in [2.75, 3.05) is 40.5 Å². The van der Waals surface area contributed by atoms with Crippen molar-refractivity contribution in [2.45, 2.75) is 13.0 Å². The molecule has 0 saturated carbocycles. The number of rotatable bonds is 7. The molecule has 14 heavy (non-hydrogen) atoms. The third-order valence-corrected chi connectivity index (χ3v) is 2.14. The van der Waals surface area contributed by atoms with Gasteiger partial charge >= 0.3 is 0 Å². The Kier molecular flexibility index (Phi) is 7.37. The van der Waals surface area contributed by atoms with Crippen molar-refractivity contribution in [1.29, 1.82) is 0 Å². The number of likely N-dealkylation sites (N-methyl/N-ethyl adjacent to an activating group) is 1. The second-order valence-electron chi connectivity index (χ2n) is 3.04. The summed E-state index contributed by atoms with van der Waals surface area (Å²) in [5, 5.41) is 11.4.